The summed E-state index contributed by atoms with van der Waals surface area (Å²) in [6.07, 6.45) is 9.79. The summed E-state index contributed by atoms with van der Waals surface area (Å²) in [5, 5.41) is 15.0. The summed E-state index contributed by atoms with van der Waals surface area (Å²) in [5.74, 6) is 0.279. The van der Waals surface area contributed by atoms with Gasteiger partial charge in [0.1, 0.15) is 5.75 Å². The summed E-state index contributed by atoms with van der Waals surface area (Å²) < 4.78 is 1.85. The van der Waals surface area contributed by atoms with Gasteiger partial charge in [0.2, 0.25) is 5.91 Å². The highest BCUT2D eigenvalue weighted by atomic mass is 16.3. The number of aromatic hydroxyl groups is 1. The Kier molecular flexibility index (Phi) is 7.04. The second-order valence-electron chi connectivity index (χ2n) is 10.2. The molecule has 0 saturated carbocycles. The fourth-order valence-electron chi connectivity index (χ4n) is 5.08. The van der Waals surface area contributed by atoms with E-state index in [0.29, 0.717) is 19.0 Å². The zero-order valence-corrected chi connectivity index (χ0v) is 21.6. The molecule has 1 amide bonds. The Morgan fingerprint density at radius 2 is 2.03 bits per heavy atom. The average Bonchev–Trinajstić information content (AvgIpc) is 3.33. The number of phenolic OH excluding ortho intramolecular Hbond substituents is 1. The van der Waals surface area contributed by atoms with Crippen LogP contribution in [-0.2, 0) is 24.3 Å². The number of carbonyl (C=O) groups excluding carboxylic acids is 1. The Balaban J connectivity index is 1.44. The SMILES string of the molecule is Cc1ccnc(Cn2cc(CN(C(=O)C3CCCc4c(O)cccc43)c3ccc(C(C)C)nc3)cn2)c1. The van der Waals surface area contributed by atoms with Gasteiger partial charge < -0.3 is 10.0 Å². The second-order valence-corrected chi connectivity index (χ2v) is 10.2. The van der Waals surface area contributed by atoms with Crippen LogP contribution in [0.2, 0.25) is 0 Å². The lowest BCUT2D eigenvalue weighted by atomic mass is 9.81. The lowest BCUT2D eigenvalue weighted by molar-refractivity contribution is -0.120. The first-order valence-electron chi connectivity index (χ1n) is 12.9. The number of carbonyl (C=O) groups is 1. The van der Waals surface area contributed by atoms with Gasteiger partial charge in [0.05, 0.1) is 42.8 Å². The summed E-state index contributed by atoms with van der Waals surface area (Å²) in [5.41, 5.74) is 6.59. The molecule has 0 radical (unpaired) electrons. The van der Waals surface area contributed by atoms with E-state index in [4.69, 9.17) is 0 Å². The van der Waals surface area contributed by atoms with Crippen LogP contribution in [0.5, 0.6) is 5.75 Å². The van der Waals surface area contributed by atoms with Crippen molar-refractivity contribution < 1.29 is 9.90 Å². The van der Waals surface area contributed by atoms with Crippen molar-refractivity contribution in [3.05, 3.63) is 101 Å². The first-order valence-corrected chi connectivity index (χ1v) is 12.9. The van der Waals surface area contributed by atoms with Crippen molar-refractivity contribution in [1.82, 2.24) is 19.7 Å². The van der Waals surface area contributed by atoms with Gasteiger partial charge in [-0.2, -0.15) is 5.10 Å². The molecule has 1 aliphatic rings. The van der Waals surface area contributed by atoms with Crippen LogP contribution in [0, 0.1) is 6.92 Å². The van der Waals surface area contributed by atoms with Crippen LogP contribution in [0.25, 0.3) is 0 Å². The Bertz CT molecular complexity index is 1390. The monoisotopic (exact) mass is 495 g/mol. The van der Waals surface area contributed by atoms with Crippen LogP contribution in [0.15, 0.2) is 67.3 Å². The third kappa shape index (κ3) is 5.40. The third-order valence-corrected chi connectivity index (χ3v) is 7.04. The molecule has 0 spiro atoms. The molecule has 1 atom stereocenters. The second kappa shape index (κ2) is 10.5. The van der Waals surface area contributed by atoms with E-state index in [0.717, 1.165) is 58.6 Å². The van der Waals surface area contributed by atoms with E-state index in [-0.39, 0.29) is 17.6 Å². The quantitative estimate of drug-likeness (QED) is 0.365. The molecule has 7 nitrogen and oxygen atoms in total. The molecule has 7 heteroatoms. The van der Waals surface area contributed by atoms with E-state index < -0.39 is 0 Å². The fraction of sp³-hybridized carbons (Fsp3) is 0.333. The minimum absolute atomic E-state index is 0.0127. The molecule has 1 aromatic carbocycles. The Labute approximate surface area is 217 Å². The maximum absolute atomic E-state index is 14.1. The molecule has 1 unspecified atom stereocenters. The number of anilines is 1. The van der Waals surface area contributed by atoms with Crippen molar-refractivity contribution in [2.45, 2.75) is 65.0 Å². The van der Waals surface area contributed by atoms with E-state index in [2.05, 4.69) is 35.0 Å². The molecule has 1 aliphatic carbocycles. The number of aromatic nitrogens is 4. The zero-order valence-electron chi connectivity index (χ0n) is 21.6. The van der Waals surface area contributed by atoms with Gasteiger partial charge in [-0.25, -0.2) is 0 Å². The maximum Gasteiger partial charge on any atom is 0.234 e. The summed E-state index contributed by atoms with van der Waals surface area (Å²) in [4.78, 5) is 25.0. The topological polar surface area (TPSA) is 84.1 Å². The van der Waals surface area contributed by atoms with E-state index in [1.165, 1.54) is 0 Å². The van der Waals surface area contributed by atoms with E-state index in [1.54, 1.807) is 12.3 Å². The van der Waals surface area contributed by atoms with Crippen LogP contribution in [0.4, 0.5) is 5.69 Å². The highest BCUT2D eigenvalue weighted by molar-refractivity contribution is 5.98. The Morgan fingerprint density at radius 3 is 2.78 bits per heavy atom. The minimum atomic E-state index is -0.313. The molecule has 3 heterocycles. The number of pyridine rings is 2. The summed E-state index contributed by atoms with van der Waals surface area (Å²) >= 11 is 0. The molecule has 4 aromatic rings. The molecule has 0 saturated heterocycles. The smallest absolute Gasteiger partial charge is 0.234 e. The molecule has 190 valence electrons. The Hall–Kier alpha value is -4.00. The predicted octanol–water partition coefficient (Wildman–Crippen LogP) is 5.51. The number of fused-ring (bicyclic) bond motifs is 1. The van der Waals surface area contributed by atoms with Crippen molar-refractivity contribution in [3.8, 4) is 5.75 Å². The van der Waals surface area contributed by atoms with Crippen LogP contribution >= 0.6 is 0 Å². The minimum Gasteiger partial charge on any atom is -0.508 e. The maximum atomic E-state index is 14.1. The Morgan fingerprint density at radius 1 is 1.16 bits per heavy atom. The van der Waals surface area contributed by atoms with E-state index in [9.17, 15) is 9.90 Å². The lowest BCUT2D eigenvalue weighted by Gasteiger charge is -2.31. The van der Waals surface area contributed by atoms with Crippen molar-refractivity contribution in [2.75, 3.05) is 4.90 Å². The molecule has 37 heavy (non-hydrogen) atoms. The average molecular weight is 496 g/mol. The molecule has 0 fully saturated rings. The van der Waals surface area contributed by atoms with Crippen LogP contribution in [-0.4, -0.2) is 30.8 Å². The number of hydrogen-bond donors (Lipinski definition) is 1. The predicted molar refractivity (Wildman–Crippen MR) is 144 cm³/mol. The number of nitrogens with zero attached hydrogens (tertiary/aromatic N) is 5. The van der Waals surface area contributed by atoms with Gasteiger partial charge in [-0.3, -0.25) is 19.4 Å². The summed E-state index contributed by atoms with van der Waals surface area (Å²) in [6.45, 7) is 7.20. The number of amides is 1. The third-order valence-electron chi connectivity index (χ3n) is 7.04. The fourth-order valence-corrected chi connectivity index (χ4v) is 5.08. The molecular formula is C30H33N5O2. The summed E-state index contributed by atoms with van der Waals surface area (Å²) in [6, 6.07) is 13.5. The molecular weight excluding hydrogens is 462 g/mol. The standard InChI is InChI=1S/C30H33N5O2/c1-20(2)28-11-10-24(16-32-28)35(30(37)27-8-4-7-26-25(27)6-5-9-29(26)36)18-22-15-33-34(17-22)19-23-14-21(3)12-13-31-23/h5-6,9-17,20,27,36H,4,7-8,18-19H2,1-3H3. The van der Waals surface area contributed by atoms with Gasteiger partial charge in [0.25, 0.3) is 0 Å². The van der Waals surface area contributed by atoms with Crippen LogP contribution in [0.3, 0.4) is 0 Å². The number of rotatable bonds is 7. The van der Waals surface area contributed by atoms with Crippen molar-refractivity contribution in [1.29, 1.82) is 0 Å². The van der Waals surface area contributed by atoms with Crippen molar-refractivity contribution in [3.63, 3.8) is 0 Å². The summed E-state index contributed by atoms with van der Waals surface area (Å²) in [7, 11) is 0. The molecule has 1 N–H and O–H groups in total. The van der Waals surface area contributed by atoms with E-state index in [1.807, 2.05) is 65.4 Å². The van der Waals surface area contributed by atoms with Gasteiger partial charge in [-0.1, -0.05) is 26.0 Å². The van der Waals surface area contributed by atoms with Crippen molar-refractivity contribution >= 4 is 11.6 Å². The number of aryl methyl sites for hydroxylation is 1. The van der Waals surface area contributed by atoms with Gasteiger partial charge in [0, 0.05) is 23.7 Å². The zero-order chi connectivity index (χ0) is 25.9. The van der Waals surface area contributed by atoms with Crippen LogP contribution < -0.4 is 4.90 Å². The molecule has 5 rings (SSSR count). The van der Waals surface area contributed by atoms with Gasteiger partial charge >= 0.3 is 0 Å². The van der Waals surface area contributed by atoms with E-state index >= 15 is 0 Å². The largest absolute Gasteiger partial charge is 0.508 e. The van der Waals surface area contributed by atoms with Crippen molar-refractivity contribution in [2.24, 2.45) is 0 Å². The highest BCUT2D eigenvalue weighted by Crippen LogP contribution is 2.38. The number of phenols is 1. The van der Waals surface area contributed by atoms with Gasteiger partial charge in [-0.05, 0) is 79.1 Å². The highest BCUT2D eigenvalue weighted by Gasteiger charge is 2.32. The first kappa shape index (κ1) is 24.7. The lowest BCUT2D eigenvalue weighted by Crippen LogP contribution is -2.36. The molecule has 0 bridgehead atoms. The number of hydrogen-bond acceptors (Lipinski definition) is 5. The molecule has 0 aliphatic heterocycles. The van der Waals surface area contributed by atoms with Gasteiger partial charge in [0.15, 0.2) is 0 Å². The normalized spacial score (nSPS) is 15.0. The van der Waals surface area contributed by atoms with Gasteiger partial charge in [-0.15, -0.1) is 0 Å². The van der Waals surface area contributed by atoms with Crippen LogP contribution in [0.1, 0.15) is 72.2 Å². The molecule has 3 aromatic heterocycles. The first-order chi connectivity index (χ1) is 17.9. The number of benzene rings is 1.